The smallest absolute Gasteiger partial charge is 0.0616 e. The molecule has 1 aliphatic rings. The van der Waals surface area contributed by atoms with Gasteiger partial charge in [-0.3, -0.25) is 0 Å². The SMILES string of the molecule is OCC1(Cc2ccccc2)CCCN1. The van der Waals surface area contributed by atoms with Crippen molar-refractivity contribution < 1.29 is 5.11 Å². The summed E-state index contributed by atoms with van der Waals surface area (Å²) >= 11 is 0. The Morgan fingerprint density at radius 3 is 2.64 bits per heavy atom. The van der Waals surface area contributed by atoms with E-state index in [1.165, 1.54) is 12.0 Å². The van der Waals surface area contributed by atoms with Gasteiger partial charge in [0.2, 0.25) is 0 Å². The van der Waals surface area contributed by atoms with Crippen molar-refractivity contribution in [1.29, 1.82) is 0 Å². The molecule has 0 aromatic heterocycles. The number of aliphatic hydroxyl groups is 1. The average molecular weight is 191 g/mol. The molecule has 0 spiro atoms. The van der Waals surface area contributed by atoms with E-state index in [9.17, 15) is 5.11 Å². The molecular formula is C12H17NO. The Bertz CT molecular complexity index is 278. The molecule has 0 amide bonds. The first-order chi connectivity index (χ1) is 6.85. The fourth-order valence-corrected chi connectivity index (χ4v) is 2.20. The summed E-state index contributed by atoms with van der Waals surface area (Å²) in [6.45, 7) is 1.27. The monoisotopic (exact) mass is 191 g/mol. The average Bonchev–Trinajstić information content (AvgIpc) is 2.69. The van der Waals surface area contributed by atoms with Gasteiger partial charge in [-0.25, -0.2) is 0 Å². The lowest BCUT2D eigenvalue weighted by molar-refractivity contribution is 0.177. The first-order valence-corrected chi connectivity index (χ1v) is 5.24. The van der Waals surface area contributed by atoms with E-state index >= 15 is 0 Å². The first-order valence-electron chi connectivity index (χ1n) is 5.24. The maximum atomic E-state index is 9.42. The van der Waals surface area contributed by atoms with Crippen LogP contribution in [-0.2, 0) is 6.42 Å². The largest absolute Gasteiger partial charge is 0.394 e. The number of nitrogens with one attached hydrogen (secondary N) is 1. The second-order valence-electron chi connectivity index (χ2n) is 4.13. The lowest BCUT2D eigenvalue weighted by atomic mass is 9.90. The Morgan fingerprint density at radius 1 is 1.29 bits per heavy atom. The topological polar surface area (TPSA) is 32.3 Å². The molecule has 1 aliphatic heterocycles. The number of benzene rings is 1. The van der Waals surface area contributed by atoms with Crippen LogP contribution >= 0.6 is 0 Å². The van der Waals surface area contributed by atoms with E-state index in [1.54, 1.807) is 0 Å². The Labute approximate surface area is 85.0 Å². The quantitative estimate of drug-likeness (QED) is 0.755. The van der Waals surface area contributed by atoms with Crippen LogP contribution in [0, 0.1) is 0 Å². The van der Waals surface area contributed by atoms with Crippen molar-refractivity contribution in [3.63, 3.8) is 0 Å². The molecule has 0 aliphatic carbocycles. The fourth-order valence-electron chi connectivity index (χ4n) is 2.20. The van der Waals surface area contributed by atoms with Gasteiger partial charge < -0.3 is 10.4 Å². The van der Waals surface area contributed by atoms with Crippen LogP contribution in [0.15, 0.2) is 30.3 Å². The summed E-state index contributed by atoms with van der Waals surface area (Å²) in [4.78, 5) is 0. The van der Waals surface area contributed by atoms with Crippen LogP contribution in [0.2, 0.25) is 0 Å². The zero-order valence-corrected chi connectivity index (χ0v) is 8.37. The molecule has 2 rings (SSSR count). The summed E-state index contributed by atoms with van der Waals surface area (Å²) < 4.78 is 0. The van der Waals surface area contributed by atoms with Crippen LogP contribution in [0.25, 0.3) is 0 Å². The van der Waals surface area contributed by atoms with Crippen molar-refractivity contribution >= 4 is 0 Å². The lowest BCUT2D eigenvalue weighted by Gasteiger charge is -2.27. The van der Waals surface area contributed by atoms with Crippen molar-refractivity contribution in [2.75, 3.05) is 13.2 Å². The first kappa shape index (κ1) is 9.69. The van der Waals surface area contributed by atoms with Crippen LogP contribution in [0.3, 0.4) is 0 Å². The Kier molecular flexibility index (Phi) is 2.85. The zero-order chi connectivity index (χ0) is 9.86. The van der Waals surface area contributed by atoms with Gasteiger partial charge >= 0.3 is 0 Å². The highest BCUT2D eigenvalue weighted by Crippen LogP contribution is 2.23. The fraction of sp³-hybridized carbons (Fsp3) is 0.500. The van der Waals surface area contributed by atoms with Crippen LogP contribution in [0.1, 0.15) is 18.4 Å². The van der Waals surface area contributed by atoms with E-state index in [-0.39, 0.29) is 12.1 Å². The number of hydrogen-bond acceptors (Lipinski definition) is 2. The Morgan fingerprint density at radius 2 is 2.07 bits per heavy atom. The van der Waals surface area contributed by atoms with E-state index < -0.39 is 0 Å². The van der Waals surface area contributed by atoms with Crippen molar-refractivity contribution in [1.82, 2.24) is 5.32 Å². The highest BCUT2D eigenvalue weighted by molar-refractivity contribution is 5.18. The molecule has 1 aromatic rings. The standard InChI is InChI=1S/C12H17NO/c14-10-12(7-4-8-13-12)9-11-5-2-1-3-6-11/h1-3,5-6,13-14H,4,7-10H2. The Balaban J connectivity index is 2.08. The summed E-state index contributed by atoms with van der Waals surface area (Å²) in [6.07, 6.45) is 3.19. The van der Waals surface area contributed by atoms with E-state index in [0.29, 0.717) is 0 Å². The molecule has 2 nitrogen and oxygen atoms in total. The third-order valence-corrected chi connectivity index (χ3v) is 3.02. The third kappa shape index (κ3) is 1.97. The molecule has 1 fully saturated rings. The Hall–Kier alpha value is -0.860. The molecule has 0 saturated carbocycles. The molecule has 2 heteroatoms. The normalized spacial score (nSPS) is 26.6. The number of rotatable bonds is 3. The molecule has 0 bridgehead atoms. The molecule has 2 N–H and O–H groups in total. The number of aliphatic hydroxyl groups excluding tert-OH is 1. The third-order valence-electron chi connectivity index (χ3n) is 3.02. The van der Waals surface area contributed by atoms with Gasteiger partial charge in [0, 0.05) is 5.54 Å². The highest BCUT2D eigenvalue weighted by Gasteiger charge is 2.32. The zero-order valence-electron chi connectivity index (χ0n) is 8.37. The van der Waals surface area contributed by atoms with Crippen molar-refractivity contribution in [2.45, 2.75) is 24.8 Å². The van der Waals surface area contributed by atoms with Gasteiger partial charge in [-0.05, 0) is 31.4 Å². The van der Waals surface area contributed by atoms with Gasteiger partial charge in [0.25, 0.3) is 0 Å². The molecule has 0 radical (unpaired) electrons. The van der Waals surface area contributed by atoms with E-state index in [2.05, 4.69) is 29.6 Å². The molecule has 14 heavy (non-hydrogen) atoms. The molecule has 1 atom stereocenters. The van der Waals surface area contributed by atoms with Crippen molar-refractivity contribution in [3.8, 4) is 0 Å². The van der Waals surface area contributed by atoms with Crippen LogP contribution in [0.5, 0.6) is 0 Å². The lowest BCUT2D eigenvalue weighted by Crippen LogP contribution is -2.45. The molecule has 1 saturated heterocycles. The van der Waals surface area contributed by atoms with E-state index in [4.69, 9.17) is 0 Å². The summed E-state index contributed by atoms with van der Waals surface area (Å²) in [5.74, 6) is 0. The second kappa shape index (κ2) is 4.11. The van der Waals surface area contributed by atoms with Crippen LogP contribution in [-0.4, -0.2) is 23.8 Å². The molecular weight excluding hydrogens is 174 g/mol. The van der Waals surface area contributed by atoms with Crippen molar-refractivity contribution in [3.05, 3.63) is 35.9 Å². The molecule has 1 unspecified atom stereocenters. The molecule has 1 heterocycles. The minimum atomic E-state index is -0.0542. The predicted molar refractivity (Wildman–Crippen MR) is 57.2 cm³/mol. The van der Waals surface area contributed by atoms with Gasteiger partial charge in [-0.2, -0.15) is 0 Å². The number of hydrogen-bond donors (Lipinski definition) is 2. The predicted octanol–water partition coefficient (Wildman–Crippen LogP) is 1.34. The maximum absolute atomic E-state index is 9.42. The summed E-state index contributed by atoms with van der Waals surface area (Å²) in [7, 11) is 0. The minimum absolute atomic E-state index is 0.0542. The maximum Gasteiger partial charge on any atom is 0.0616 e. The molecule has 76 valence electrons. The highest BCUT2D eigenvalue weighted by atomic mass is 16.3. The van der Waals surface area contributed by atoms with Gasteiger partial charge in [-0.1, -0.05) is 30.3 Å². The second-order valence-corrected chi connectivity index (χ2v) is 4.13. The van der Waals surface area contributed by atoms with E-state index in [1.807, 2.05) is 6.07 Å². The van der Waals surface area contributed by atoms with Crippen LogP contribution < -0.4 is 5.32 Å². The van der Waals surface area contributed by atoms with Crippen LogP contribution in [0.4, 0.5) is 0 Å². The summed E-state index contributed by atoms with van der Waals surface area (Å²) in [5, 5.41) is 12.8. The van der Waals surface area contributed by atoms with Gasteiger partial charge in [0.15, 0.2) is 0 Å². The van der Waals surface area contributed by atoms with Gasteiger partial charge in [0.1, 0.15) is 0 Å². The van der Waals surface area contributed by atoms with Crippen molar-refractivity contribution in [2.24, 2.45) is 0 Å². The van der Waals surface area contributed by atoms with Gasteiger partial charge in [-0.15, -0.1) is 0 Å². The summed E-state index contributed by atoms with van der Waals surface area (Å²) in [5.41, 5.74) is 1.25. The molecule has 1 aromatic carbocycles. The minimum Gasteiger partial charge on any atom is -0.394 e. The van der Waals surface area contributed by atoms with E-state index in [0.717, 1.165) is 19.4 Å². The summed E-state index contributed by atoms with van der Waals surface area (Å²) in [6, 6.07) is 10.4. The van der Waals surface area contributed by atoms with Gasteiger partial charge in [0.05, 0.1) is 6.61 Å².